The highest BCUT2D eigenvalue weighted by Crippen LogP contribution is 2.29. The molecule has 0 aromatic heterocycles. The summed E-state index contributed by atoms with van der Waals surface area (Å²) in [5, 5.41) is 0. The standard InChI is InChI=1S/C17H19Br2FN2O2S/c1-21(2)9-10-22(12-13-5-3-4-6-16(13)20)25(23,24)17-8-7-14(18)11-15(17)19/h3-8,11H,9-10,12H2,1-2H3. The molecule has 0 N–H and O–H groups in total. The van der Waals surface area contributed by atoms with Gasteiger partial charge >= 0.3 is 0 Å². The number of halogens is 3. The van der Waals surface area contributed by atoms with Gasteiger partial charge in [0.25, 0.3) is 0 Å². The Bertz CT molecular complexity index is 844. The number of nitrogens with zero attached hydrogens (tertiary/aromatic N) is 2. The van der Waals surface area contributed by atoms with Gasteiger partial charge in [0, 0.05) is 34.1 Å². The molecule has 8 heteroatoms. The summed E-state index contributed by atoms with van der Waals surface area (Å²) in [7, 11) is -0.0578. The summed E-state index contributed by atoms with van der Waals surface area (Å²) in [5.41, 5.74) is 0.345. The van der Waals surface area contributed by atoms with E-state index in [1.165, 1.54) is 16.4 Å². The van der Waals surface area contributed by atoms with E-state index < -0.39 is 15.8 Å². The smallest absolute Gasteiger partial charge is 0.244 e. The topological polar surface area (TPSA) is 40.6 Å². The van der Waals surface area contributed by atoms with Crippen molar-refractivity contribution in [2.24, 2.45) is 0 Å². The monoisotopic (exact) mass is 492 g/mol. The molecule has 0 heterocycles. The number of benzene rings is 2. The molecule has 0 radical (unpaired) electrons. The van der Waals surface area contributed by atoms with Crippen molar-refractivity contribution in [2.45, 2.75) is 11.4 Å². The molecule has 0 unspecified atom stereocenters. The molecule has 0 atom stereocenters. The first kappa shape index (κ1) is 20.5. The highest BCUT2D eigenvalue weighted by molar-refractivity contribution is 9.11. The Morgan fingerprint density at radius 2 is 1.72 bits per heavy atom. The third kappa shape index (κ3) is 5.34. The SMILES string of the molecule is CN(C)CCN(Cc1ccccc1F)S(=O)(=O)c1ccc(Br)cc1Br. The summed E-state index contributed by atoms with van der Waals surface area (Å²) in [6.45, 7) is 0.763. The number of hydrogen-bond donors (Lipinski definition) is 0. The van der Waals surface area contributed by atoms with Crippen LogP contribution in [0, 0.1) is 5.82 Å². The molecule has 0 saturated carbocycles. The molecule has 136 valence electrons. The maximum Gasteiger partial charge on any atom is 0.244 e. The predicted octanol–water partition coefficient (Wildman–Crippen LogP) is 4.10. The van der Waals surface area contributed by atoms with Gasteiger partial charge in [-0.15, -0.1) is 0 Å². The van der Waals surface area contributed by atoms with Gasteiger partial charge in [-0.3, -0.25) is 0 Å². The zero-order chi connectivity index (χ0) is 18.6. The Morgan fingerprint density at radius 3 is 2.32 bits per heavy atom. The molecule has 0 bridgehead atoms. The van der Waals surface area contributed by atoms with Gasteiger partial charge in [-0.2, -0.15) is 4.31 Å². The maximum absolute atomic E-state index is 14.0. The van der Waals surface area contributed by atoms with Crippen molar-refractivity contribution in [1.82, 2.24) is 9.21 Å². The summed E-state index contributed by atoms with van der Waals surface area (Å²) >= 11 is 6.63. The van der Waals surface area contributed by atoms with E-state index in [-0.39, 0.29) is 18.0 Å². The van der Waals surface area contributed by atoms with E-state index in [9.17, 15) is 12.8 Å². The number of hydrogen-bond acceptors (Lipinski definition) is 3. The highest BCUT2D eigenvalue weighted by atomic mass is 79.9. The number of likely N-dealkylation sites (N-methyl/N-ethyl adjacent to an activating group) is 1. The molecule has 0 fully saturated rings. The molecule has 0 aliphatic carbocycles. The van der Waals surface area contributed by atoms with Gasteiger partial charge in [0.2, 0.25) is 10.0 Å². The average Bonchev–Trinajstić information content (AvgIpc) is 2.52. The van der Waals surface area contributed by atoms with Gasteiger partial charge in [0.1, 0.15) is 5.82 Å². The van der Waals surface area contributed by atoms with Crippen LogP contribution in [0.2, 0.25) is 0 Å². The van der Waals surface area contributed by atoms with Crippen LogP contribution < -0.4 is 0 Å². The quantitative estimate of drug-likeness (QED) is 0.582. The molecular formula is C17H19Br2FN2O2S. The Balaban J connectivity index is 2.41. The first-order valence-electron chi connectivity index (χ1n) is 7.55. The number of sulfonamides is 1. The summed E-state index contributed by atoms with van der Waals surface area (Å²) in [6.07, 6.45) is 0. The molecule has 0 amide bonds. The van der Waals surface area contributed by atoms with Crippen LogP contribution >= 0.6 is 31.9 Å². The van der Waals surface area contributed by atoms with Crippen LogP contribution in [0.25, 0.3) is 0 Å². The average molecular weight is 494 g/mol. The Hall–Kier alpha value is -0.800. The van der Waals surface area contributed by atoms with E-state index >= 15 is 0 Å². The molecule has 4 nitrogen and oxygen atoms in total. The minimum atomic E-state index is -3.79. The predicted molar refractivity (Wildman–Crippen MR) is 104 cm³/mol. The van der Waals surface area contributed by atoms with Crippen LogP contribution in [0.3, 0.4) is 0 Å². The molecule has 2 aromatic carbocycles. The van der Waals surface area contributed by atoms with Crippen LogP contribution in [0.5, 0.6) is 0 Å². The first-order valence-corrected chi connectivity index (χ1v) is 10.6. The van der Waals surface area contributed by atoms with Crippen LogP contribution in [0.1, 0.15) is 5.56 Å². The molecule has 0 aliphatic heterocycles. The minimum absolute atomic E-state index is 0.0225. The van der Waals surface area contributed by atoms with Gasteiger partial charge in [0.15, 0.2) is 0 Å². The highest BCUT2D eigenvalue weighted by Gasteiger charge is 2.27. The van der Waals surface area contributed by atoms with Crippen LogP contribution in [0.4, 0.5) is 4.39 Å². The largest absolute Gasteiger partial charge is 0.308 e. The zero-order valence-corrected chi connectivity index (χ0v) is 17.9. The lowest BCUT2D eigenvalue weighted by molar-refractivity contribution is 0.326. The van der Waals surface area contributed by atoms with Crippen molar-refractivity contribution in [3.8, 4) is 0 Å². The minimum Gasteiger partial charge on any atom is -0.308 e. The molecule has 2 aromatic rings. The fourth-order valence-corrected chi connectivity index (χ4v) is 5.35. The van der Waals surface area contributed by atoms with E-state index in [0.29, 0.717) is 16.6 Å². The van der Waals surface area contributed by atoms with Crippen molar-refractivity contribution in [2.75, 3.05) is 27.2 Å². The zero-order valence-electron chi connectivity index (χ0n) is 13.9. The first-order chi connectivity index (χ1) is 11.7. The third-order valence-corrected chi connectivity index (χ3v) is 6.93. The van der Waals surface area contributed by atoms with Crippen LogP contribution in [-0.2, 0) is 16.6 Å². The lowest BCUT2D eigenvalue weighted by atomic mass is 10.2. The summed E-state index contributed by atoms with van der Waals surface area (Å²) in [4.78, 5) is 2.05. The van der Waals surface area contributed by atoms with Gasteiger partial charge < -0.3 is 4.90 Å². The Labute approximate surface area is 164 Å². The van der Waals surface area contributed by atoms with Gasteiger partial charge in [0.05, 0.1) is 4.90 Å². The van der Waals surface area contributed by atoms with Crippen molar-refractivity contribution < 1.29 is 12.8 Å². The molecular weight excluding hydrogens is 475 g/mol. The van der Waals surface area contributed by atoms with E-state index in [4.69, 9.17) is 0 Å². The fourth-order valence-electron chi connectivity index (χ4n) is 2.24. The van der Waals surface area contributed by atoms with Gasteiger partial charge in [-0.1, -0.05) is 34.1 Å². The molecule has 25 heavy (non-hydrogen) atoms. The fraction of sp³-hybridized carbons (Fsp3) is 0.294. The number of rotatable bonds is 7. The maximum atomic E-state index is 14.0. The molecule has 0 spiro atoms. The van der Waals surface area contributed by atoms with Crippen LogP contribution in [0.15, 0.2) is 56.3 Å². The summed E-state index contributed by atoms with van der Waals surface area (Å²) < 4.78 is 42.8. The van der Waals surface area contributed by atoms with Gasteiger partial charge in [-0.05, 0) is 54.3 Å². The van der Waals surface area contributed by atoms with E-state index in [1.54, 1.807) is 30.3 Å². The molecule has 2 rings (SSSR count). The molecule has 0 saturated heterocycles. The van der Waals surface area contributed by atoms with Crippen molar-refractivity contribution in [3.05, 3.63) is 62.8 Å². The lowest BCUT2D eigenvalue weighted by Crippen LogP contribution is -2.36. The van der Waals surface area contributed by atoms with Gasteiger partial charge in [-0.25, -0.2) is 12.8 Å². The Morgan fingerprint density at radius 1 is 1.04 bits per heavy atom. The summed E-state index contributed by atoms with van der Waals surface area (Å²) in [5.74, 6) is -0.414. The Kier molecular flexibility index (Phi) is 7.16. The normalized spacial score (nSPS) is 12.1. The lowest BCUT2D eigenvalue weighted by Gasteiger charge is -2.24. The van der Waals surface area contributed by atoms with Crippen molar-refractivity contribution >= 4 is 41.9 Å². The third-order valence-electron chi connectivity index (χ3n) is 3.61. The second-order valence-corrected chi connectivity index (χ2v) is 9.48. The molecule has 0 aliphatic rings. The van der Waals surface area contributed by atoms with E-state index in [0.717, 1.165) is 4.47 Å². The second-order valence-electron chi connectivity index (χ2n) is 5.81. The summed E-state index contributed by atoms with van der Waals surface area (Å²) in [6, 6.07) is 11.1. The van der Waals surface area contributed by atoms with Crippen LogP contribution in [-0.4, -0.2) is 44.8 Å². The van der Waals surface area contributed by atoms with E-state index in [1.807, 2.05) is 19.0 Å². The second kappa shape index (κ2) is 8.73. The van der Waals surface area contributed by atoms with Crippen molar-refractivity contribution in [3.63, 3.8) is 0 Å². The van der Waals surface area contributed by atoms with E-state index in [2.05, 4.69) is 31.9 Å². The van der Waals surface area contributed by atoms with Crippen molar-refractivity contribution in [1.29, 1.82) is 0 Å².